The van der Waals surface area contributed by atoms with E-state index in [0.29, 0.717) is 23.4 Å². The number of nitriles is 1. The Hall–Kier alpha value is -2.80. The van der Waals surface area contributed by atoms with E-state index >= 15 is 0 Å². The maximum atomic E-state index is 13.8. The first-order valence-corrected chi connectivity index (χ1v) is 6.20. The van der Waals surface area contributed by atoms with Crippen LogP contribution in [0.5, 0.6) is 0 Å². The van der Waals surface area contributed by atoms with Gasteiger partial charge in [0.2, 0.25) is 0 Å². The molecule has 0 fully saturated rings. The molecule has 3 rings (SSSR count). The first-order valence-electron chi connectivity index (χ1n) is 6.20. The second kappa shape index (κ2) is 4.71. The van der Waals surface area contributed by atoms with Crippen molar-refractivity contribution in [2.75, 3.05) is 5.73 Å². The molecule has 98 valence electrons. The predicted molar refractivity (Wildman–Crippen MR) is 76.6 cm³/mol. The van der Waals surface area contributed by atoms with Crippen LogP contribution in [-0.4, -0.2) is 4.57 Å². The lowest BCUT2D eigenvalue weighted by molar-refractivity contribution is 0.603. The monoisotopic (exact) mass is 265 g/mol. The highest BCUT2D eigenvalue weighted by Crippen LogP contribution is 2.20. The van der Waals surface area contributed by atoms with Crippen molar-refractivity contribution in [3.8, 4) is 6.07 Å². The maximum Gasteiger partial charge on any atom is 0.130 e. The van der Waals surface area contributed by atoms with Crippen LogP contribution in [0.3, 0.4) is 0 Å². The van der Waals surface area contributed by atoms with Crippen LogP contribution in [0.25, 0.3) is 10.9 Å². The molecule has 0 atom stereocenters. The summed E-state index contributed by atoms with van der Waals surface area (Å²) in [5.41, 5.74) is 8.04. The van der Waals surface area contributed by atoms with E-state index < -0.39 is 0 Å². The molecule has 0 bridgehead atoms. The molecule has 0 aliphatic carbocycles. The van der Waals surface area contributed by atoms with Crippen molar-refractivity contribution in [1.29, 1.82) is 5.26 Å². The third-order valence-electron chi connectivity index (χ3n) is 3.32. The fourth-order valence-electron chi connectivity index (χ4n) is 2.27. The molecule has 0 unspecified atom stereocenters. The van der Waals surface area contributed by atoms with E-state index in [1.165, 1.54) is 6.07 Å². The molecule has 1 aromatic heterocycles. The number of benzene rings is 2. The standard InChI is InChI=1S/C16H12FN3/c17-15-8-14(19)4-3-13(15)10-20-6-5-12-2-1-11(9-18)7-16(12)20/h1-8H,10,19H2. The summed E-state index contributed by atoms with van der Waals surface area (Å²) in [4.78, 5) is 0. The molecule has 3 nitrogen and oxygen atoms in total. The summed E-state index contributed by atoms with van der Waals surface area (Å²) in [6.07, 6.45) is 1.89. The zero-order valence-electron chi connectivity index (χ0n) is 10.7. The van der Waals surface area contributed by atoms with Gasteiger partial charge in [-0.15, -0.1) is 0 Å². The number of rotatable bonds is 2. The lowest BCUT2D eigenvalue weighted by Gasteiger charge is -2.07. The first-order chi connectivity index (χ1) is 9.67. The molecular weight excluding hydrogens is 253 g/mol. The fraction of sp³-hybridized carbons (Fsp3) is 0.0625. The quantitative estimate of drug-likeness (QED) is 0.723. The summed E-state index contributed by atoms with van der Waals surface area (Å²) in [5.74, 6) is -0.316. The van der Waals surface area contributed by atoms with Crippen molar-refractivity contribution in [1.82, 2.24) is 4.57 Å². The number of aromatic nitrogens is 1. The Kier molecular flexibility index (Phi) is 2.88. The minimum Gasteiger partial charge on any atom is -0.399 e. The Balaban J connectivity index is 2.04. The fourth-order valence-corrected chi connectivity index (χ4v) is 2.27. The third-order valence-corrected chi connectivity index (χ3v) is 3.32. The number of nitrogen functional groups attached to an aromatic ring is 1. The molecule has 3 aromatic rings. The van der Waals surface area contributed by atoms with Crippen LogP contribution >= 0.6 is 0 Å². The van der Waals surface area contributed by atoms with E-state index in [-0.39, 0.29) is 5.82 Å². The zero-order chi connectivity index (χ0) is 14.1. The van der Waals surface area contributed by atoms with Gasteiger partial charge in [0, 0.05) is 23.0 Å². The summed E-state index contributed by atoms with van der Waals surface area (Å²) < 4.78 is 15.8. The van der Waals surface area contributed by atoms with E-state index in [2.05, 4.69) is 6.07 Å². The summed E-state index contributed by atoms with van der Waals surface area (Å²) in [7, 11) is 0. The lowest BCUT2D eigenvalue weighted by atomic mass is 10.1. The first kappa shape index (κ1) is 12.2. The highest BCUT2D eigenvalue weighted by molar-refractivity contribution is 5.81. The second-order valence-corrected chi connectivity index (χ2v) is 4.68. The van der Waals surface area contributed by atoms with E-state index in [1.54, 1.807) is 18.2 Å². The van der Waals surface area contributed by atoms with Crippen molar-refractivity contribution >= 4 is 16.6 Å². The number of halogens is 1. The van der Waals surface area contributed by atoms with Gasteiger partial charge in [0.1, 0.15) is 5.82 Å². The molecule has 4 heteroatoms. The SMILES string of the molecule is N#Cc1ccc2ccn(Cc3ccc(N)cc3F)c2c1. The van der Waals surface area contributed by atoms with E-state index in [4.69, 9.17) is 11.0 Å². The van der Waals surface area contributed by atoms with Gasteiger partial charge < -0.3 is 10.3 Å². The average molecular weight is 265 g/mol. The van der Waals surface area contributed by atoms with Crippen LogP contribution in [0.1, 0.15) is 11.1 Å². The third kappa shape index (κ3) is 2.10. The summed E-state index contributed by atoms with van der Waals surface area (Å²) in [5, 5.41) is 9.98. The van der Waals surface area contributed by atoms with Gasteiger partial charge in [-0.1, -0.05) is 12.1 Å². The van der Waals surface area contributed by atoms with Crippen LogP contribution in [0.15, 0.2) is 48.7 Å². The minimum atomic E-state index is -0.316. The Labute approximate surface area is 115 Å². The molecule has 0 radical (unpaired) electrons. The molecule has 1 heterocycles. The van der Waals surface area contributed by atoms with E-state index in [9.17, 15) is 4.39 Å². The average Bonchev–Trinajstić information content (AvgIpc) is 2.84. The highest BCUT2D eigenvalue weighted by Gasteiger charge is 2.07. The van der Waals surface area contributed by atoms with Gasteiger partial charge in [-0.2, -0.15) is 5.26 Å². The Bertz CT molecular complexity index is 827. The van der Waals surface area contributed by atoms with Crippen LogP contribution in [0, 0.1) is 17.1 Å². The van der Waals surface area contributed by atoms with Crippen LogP contribution in [-0.2, 0) is 6.54 Å². The number of nitrogens with zero attached hydrogens (tertiary/aromatic N) is 2. The van der Waals surface area contributed by atoms with Crippen molar-refractivity contribution in [3.05, 3.63) is 65.6 Å². The van der Waals surface area contributed by atoms with Crippen molar-refractivity contribution in [2.45, 2.75) is 6.54 Å². The summed E-state index contributed by atoms with van der Waals surface area (Å²) >= 11 is 0. The van der Waals surface area contributed by atoms with Crippen LogP contribution in [0.4, 0.5) is 10.1 Å². The molecule has 0 aliphatic rings. The van der Waals surface area contributed by atoms with Gasteiger partial charge >= 0.3 is 0 Å². The zero-order valence-corrected chi connectivity index (χ0v) is 10.7. The molecule has 0 aliphatic heterocycles. The predicted octanol–water partition coefficient (Wildman–Crippen LogP) is 3.28. The maximum absolute atomic E-state index is 13.8. The highest BCUT2D eigenvalue weighted by atomic mass is 19.1. The molecule has 2 N–H and O–H groups in total. The van der Waals surface area contributed by atoms with Crippen molar-refractivity contribution in [3.63, 3.8) is 0 Å². The topological polar surface area (TPSA) is 54.7 Å². The van der Waals surface area contributed by atoms with Crippen molar-refractivity contribution < 1.29 is 4.39 Å². The summed E-state index contributed by atoms with van der Waals surface area (Å²) in [6.45, 7) is 0.407. The lowest BCUT2D eigenvalue weighted by Crippen LogP contribution is -2.01. The molecule has 20 heavy (non-hydrogen) atoms. The smallest absolute Gasteiger partial charge is 0.130 e. The normalized spacial score (nSPS) is 10.6. The number of fused-ring (bicyclic) bond motifs is 1. The summed E-state index contributed by atoms with van der Waals surface area (Å²) in [6, 6.07) is 14.2. The molecular formula is C16H12FN3. The molecule has 0 amide bonds. The molecule has 2 aromatic carbocycles. The van der Waals surface area contributed by atoms with E-state index in [1.807, 2.05) is 29.0 Å². The largest absolute Gasteiger partial charge is 0.399 e. The Morgan fingerprint density at radius 3 is 2.75 bits per heavy atom. The minimum absolute atomic E-state index is 0.316. The number of hydrogen-bond acceptors (Lipinski definition) is 2. The number of nitrogens with two attached hydrogens (primary N) is 1. The Morgan fingerprint density at radius 1 is 1.15 bits per heavy atom. The Morgan fingerprint density at radius 2 is 2.00 bits per heavy atom. The molecule has 0 spiro atoms. The van der Waals surface area contributed by atoms with Gasteiger partial charge in [0.15, 0.2) is 0 Å². The number of anilines is 1. The van der Waals surface area contributed by atoms with Gasteiger partial charge in [0.25, 0.3) is 0 Å². The van der Waals surface area contributed by atoms with Crippen molar-refractivity contribution in [2.24, 2.45) is 0 Å². The van der Waals surface area contributed by atoms with Gasteiger partial charge in [-0.3, -0.25) is 0 Å². The van der Waals surface area contributed by atoms with Gasteiger partial charge in [-0.25, -0.2) is 4.39 Å². The molecule has 0 saturated heterocycles. The van der Waals surface area contributed by atoms with E-state index in [0.717, 1.165) is 10.9 Å². The van der Waals surface area contributed by atoms with Gasteiger partial charge in [-0.05, 0) is 35.7 Å². The van der Waals surface area contributed by atoms with Crippen LogP contribution in [0.2, 0.25) is 0 Å². The molecule has 0 saturated carbocycles. The number of hydrogen-bond donors (Lipinski definition) is 1. The second-order valence-electron chi connectivity index (χ2n) is 4.68. The van der Waals surface area contributed by atoms with Crippen LogP contribution < -0.4 is 5.73 Å². The van der Waals surface area contributed by atoms with Gasteiger partial charge in [0.05, 0.1) is 18.2 Å².